The van der Waals surface area contributed by atoms with E-state index in [1.807, 2.05) is 0 Å². The minimum Gasteiger partial charge on any atom is -0.465 e. The third-order valence-corrected chi connectivity index (χ3v) is 2.13. The van der Waals surface area contributed by atoms with Crippen LogP contribution in [0.1, 0.15) is 21.9 Å². The Kier molecular flexibility index (Phi) is 3.43. The molecule has 0 aliphatic rings. The second kappa shape index (κ2) is 4.26. The van der Waals surface area contributed by atoms with Crippen LogP contribution in [0, 0.1) is 0 Å². The normalized spacial score (nSPS) is 11.5. The lowest BCUT2D eigenvalue weighted by atomic mass is 10.2. The zero-order valence-electron chi connectivity index (χ0n) is 7.52. The molecule has 0 N–H and O–H groups in total. The predicted octanol–water partition coefficient (Wildman–Crippen LogP) is 2.98. The Labute approximate surface area is 91.3 Å². The lowest BCUT2D eigenvalue weighted by molar-refractivity contribution is -0.153. The molecule has 0 unspecified atom stereocenters. The molecule has 1 rings (SSSR count). The largest absolute Gasteiger partial charge is 0.465 e. The maximum Gasteiger partial charge on any atom is 0.450 e. The topological polar surface area (TPSA) is 39.4 Å². The molecule has 0 atom stereocenters. The van der Waals surface area contributed by atoms with E-state index >= 15 is 0 Å². The molecule has 1 heterocycles. The van der Waals surface area contributed by atoms with Gasteiger partial charge in [-0.05, 0) is 6.07 Å². The molecule has 0 spiro atoms. The van der Waals surface area contributed by atoms with Crippen molar-refractivity contribution in [2.75, 3.05) is 7.11 Å². The molecule has 84 valence electrons. The summed E-state index contributed by atoms with van der Waals surface area (Å²) in [4.78, 5) is 11.0. The standard InChI is InChI=1S/C8H6BrF3O3/c1-14-7(13)5-2-4(3-9)15-6(5)8(10,11)12/h2H,3H2,1H3. The molecule has 1 aromatic heterocycles. The summed E-state index contributed by atoms with van der Waals surface area (Å²) in [5.41, 5.74) is -0.612. The van der Waals surface area contributed by atoms with Gasteiger partial charge >= 0.3 is 12.1 Å². The number of hydrogen-bond acceptors (Lipinski definition) is 3. The predicted molar refractivity (Wildman–Crippen MR) is 47.7 cm³/mol. The molecule has 0 aromatic carbocycles. The third-order valence-electron chi connectivity index (χ3n) is 1.58. The molecule has 0 amide bonds. The Morgan fingerprint density at radius 2 is 2.20 bits per heavy atom. The highest BCUT2D eigenvalue weighted by Crippen LogP contribution is 2.34. The Hall–Kier alpha value is -0.980. The Bertz CT molecular complexity index is 370. The zero-order valence-corrected chi connectivity index (χ0v) is 9.11. The second-order valence-electron chi connectivity index (χ2n) is 2.58. The van der Waals surface area contributed by atoms with E-state index in [1.54, 1.807) is 0 Å². The fourth-order valence-electron chi connectivity index (χ4n) is 0.980. The van der Waals surface area contributed by atoms with Crippen molar-refractivity contribution in [1.29, 1.82) is 0 Å². The molecule has 0 bridgehead atoms. The van der Waals surface area contributed by atoms with Crippen molar-refractivity contribution in [2.45, 2.75) is 11.5 Å². The van der Waals surface area contributed by atoms with Crippen LogP contribution in [0.3, 0.4) is 0 Å². The minimum atomic E-state index is -4.70. The number of alkyl halides is 4. The first-order chi connectivity index (χ1) is 6.90. The Morgan fingerprint density at radius 3 is 2.60 bits per heavy atom. The summed E-state index contributed by atoms with van der Waals surface area (Å²) in [6.45, 7) is 0. The number of rotatable bonds is 2. The van der Waals surface area contributed by atoms with Crippen molar-refractivity contribution in [3.8, 4) is 0 Å². The first-order valence-corrected chi connectivity index (χ1v) is 4.86. The van der Waals surface area contributed by atoms with Gasteiger partial charge in [-0.25, -0.2) is 4.79 Å². The van der Waals surface area contributed by atoms with Gasteiger partial charge in [0, 0.05) is 0 Å². The van der Waals surface area contributed by atoms with E-state index in [9.17, 15) is 18.0 Å². The van der Waals surface area contributed by atoms with Crippen LogP contribution in [-0.4, -0.2) is 13.1 Å². The van der Waals surface area contributed by atoms with Gasteiger partial charge in [-0.2, -0.15) is 13.2 Å². The summed E-state index contributed by atoms with van der Waals surface area (Å²) < 4.78 is 45.8. The molecule has 3 nitrogen and oxygen atoms in total. The number of hydrogen-bond donors (Lipinski definition) is 0. The van der Waals surface area contributed by atoms with Crippen LogP contribution in [-0.2, 0) is 16.2 Å². The quantitative estimate of drug-likeness (QED) is 0.620. The first-order valence-electron chi connectivity index (χ1n) is 3.74. The molecule has 0 radical (unpaired) electrons. The molecule has 0 aliphatic heterocycles. The van der Waals surface area contributed by atoms with E-state index in [0.717, 1.165) is 13.2 Å². The van der Waals surface area contributed by atoms with Gasteiger partial charge in [0.05, 0.1) is 12.4 Å². The van der Waals surface area contributed by atoms with Crippen molar-refractivity contribution in [3.05, 3.63) is 23.2 Å². The maximum atomic E-state index is 12.4. The number of esters is 1. The summed E-state index contributed by atoms with van der Waals surface area (Å²) >= 11 is 2.93. The van der Waals surface area contributed by atoms with Gasteiger partial charge in [0.2, 0.25) is 5.76 Å². The fraction of sp³-hybridized carbons (Fsp3) is 0.375. The van der Waals surface area contributed by atoms with Crippen molar-refractivity contribution >= 4 is 21.9 Å². The Morgan fingerprint density at radius 1 is 1.60 bits per heavy atom. The highest BCUT2D eigenvalue weighted by atomic mass is 79.9. The average Bonchev–Trinajstić information content (AvgIpc) is 2.59. The number of furan rings is 1. The molecule has 15 heavy (non-hydrogen) atoms. The molecular formula is C8H6BrF3O3. The molecule has 1 aromatic rings. The van der Waals surface area contributed by atoms with Gasteiger partial charge < -0.3 is 9.15 Å². The third kappa shape index (κ3) is 2.53. The number of carbonyl (C=O) groups excluding carboxylic acids is 1. The van der Waals surface area contributed by atoms with Crippen molar-refractivity contribution in [3.63, 3.8) is 0 Å². The van der Waals surface area contributed by atoms with Crippen LogP contribution in [0.15, 0.2) is 10.5 Å². The second-order valence-corrected chi connectivity index (χ2v) is 3.14. The molecular weight excluding hydrogens is 281 g/mol. The number of halogens is 4. The average molecular weight is 287 g/mol. The number of carbonyl (C=O) groups is 1. The van der Waals surface area contributed by atoms with Crippen LogP contribution < -0.4 is 0 Å². The lowest BCUT2D eigenvalue weighted by Crippen LogP contribution is -2.11. The summed E-state index contributed by atoms with van der Waals surface area (Å²) in [6.07, 6.45) is -4.70. The van der Waals surface area contributed by atoms with Crippen LogP contribution >= 0.6 is 15.9 Å². The summed E-state index contributed by atoms with van der Waals surface area (Å²) in [5.74, 6) is -2.38. The minimum absolute atomic E-state index is 0.0164. The molecule has 0 saturated heterocycles. The van der Waals surface area contributed by atoms with Crippen molar-refractivity contribution in [2.24, 2.45) is 0 Å². The van der Waals surface area contributed by atoms with E-state index in [2.05, 4.69) is 25.1 Å². The van der Waals surface area contributed by atoms with Crippen LogP contribution in [0.4, 0.5) is 13.2 Å². The fourth-order valence-corrected chi connectivity index (χ4v) is 1.26. The maximum absolute atomic E-state index is 12.4. The van der Waals surface area contributed by atoms with Gasteiger partial charge in [-0.1, -0.05) is 15.9 Å². The Balaban J connectivity index is 3.24. The first kappa shape index (κ1) is 12.1. The van der Waals surface area contributed by atoms with Crippen LogP contribution in [0.25, 0.3) is 0 Å². The van der Waals surface area contributed by atoms with Gasteiger partial charge in [0.25, 0.3) is 0 Å². The van der Waals surface area contributed by atoms with Gasteiger partial charge in [0.15, 0.2) is 0 Å². The van der Waals surface area contributed by atoms with E-state index in [1.165, 1.54) is 0 Å². The highest BCUT2D eigenvalue weighted by Gasteiger charge is 2.40. The van der Waals surface area contributed by atoms with Gasteiger partial charge in [0.1, 0.15) is 11.3 Å². The van der Waals surface area contributed by atoms with E-state index in [0.29, 0.717) is 0 Å². The van der Waals surface area contributed by atoms with Crippen molar-refractivity contribution in [1.82, 2.24) is 0 Å². The van der Waals surface area contributed by atoms with E-state index in [4.69, 9.17) is 0 Å². The van der Waals surface area contributed by atoms with Crippen LogP contribution in [0.5, 0.6) is 0 Å². The van der Waals surface area contributed by atoms with E-state index in [-0.39, 0.29) is 11.1 Å². The number of methoxy groups -OCH3 is 1. The SMILES string of the molecule is COC(=O)c1cc(CBr)oc1C(F)(F)F. The van der Waals surface area contributed by atoms with Crippen LogP contribution in [0.2, 0.25) is 0 Å². The molecule has 7 heteroatoms. The molecule has 0 saturated carbocycles. The summed E-state index contributed by atoms with van der Waals surface area (Å²) in [5, 5.41) is 0.0904. The van der Waals surface area contributed by atoms with Gasteiger partial charge in [-0.15, -0.1) is 0 Å². The molecule has 0 fully saturated rings. The van der Waals surface area contributed by atoms with E-state index < -0.39 is 23.5 Å². The zero-order chi connectivity index (χ0) is 11.6. The summed E-state index contributed by atoms with van der Waals surface area (Å²) in [7, 11) is 1.00. The van der Waals surface area contributed by atoms with Crippen molar-refractivity contribution < 1.29 is 27.1 Å². The number of ether oxygens (including phenoxy) is 1. The molecule has 0 aliphatic carbocycles. The lowest BCUT2D eigenvalue weighted by Gasteiger charge is -2.04. The smallest absolute Gasteiger partial charge is 0.450 e. The highest BCUT2D eigenvalue weighted by molar-refractivity contribution is 9.08. The van der Waals surface area contributed by atoms with Gasteiger partial charge in [-0.3, -0.25) is 0 Å². The monoisotopic (exact) mass is 286 g/mol. The summed E-state index contributed by atoms with van der Waals surface area (Å²) in [6, 6.07) is 1.00.